The van der Waals surface area contributed by atoms with Crippen LogP contribution in [0, 0.1) is 20.8 Å². The minimum absolute atomic E-state index is 0.0758. The number of fused-ring (bicyclic) bond motifs is 1. The molecule has 3 aromatic heterocycles. The van der Waals surface area contributed by atoms with Gasteiger partial charge in [-0.15, -0.1) is 11.3 Å². The summed E-state index contributed by atoms with van der Waals surface area (Å²) in [4.78, 5) is 19.4. The number of benzene rings is 1. The first kappa shape index (κ1) is 22.4. The van der Waals surface area contributed by atoms with Crippen LogP contribution in [0.5, 0.6) is 0 Å². The van der Waals surface area contributed by atoms with Crippen LogP contribution in [0.25, 0.3) is 5.69 Å². The third kappa shape index (κ3) is 4.38. The van der Waals surface area contributed by atoms with E-state index in [-0.39, 0.29) is 5.91 Å². The number of carbonyl (C=O) groups is 1. The van der Waals surface area contributed by atoms with Crippen molar-refractivity contribution in [1.82, 2.24) is 9.88 Å². The van der Waals surface area contributed by atoms with E-state index < -0.39 is 0 Å². The van der Waals surface area contributed by atoms with E-state index in [1.54, 1.807) is 17.6 Å². The Labute approximate surface area is 204 Å². The lowest BCUT2D eigenvalue weighted by molar-refractivity contribution is 0.0948. The van der Waals surface area contributed by atoms with E-state index in [0.717, 1.165) is 58.2 Å². The molecule has 6 heteroatoms. The average molecular weight is 472 g/mol. The summed E-state index contributed by atoms with van der Waals surface area (Å²) in [6.07, 6.45) is 7.78. The summed E-state index contributed by atoms with van der Waals surface area (Å²) in [5.74, 6) is 0.666. The molecular weight excluding hydrogens is 442 g/mol. The van der Waals surface area contributed by atoms with Crippen molar-refractivity contribution >= 4 is 28.5 Å². The molecule has 0 fully saturated rings. The molecular formula is C28H29N3O2S. The van der Waals surface area contributed by atoms with Gasteiger partial charge in [0.15, 0.2) is 0 Å². The predicted molar refractivity (Wildman–Crippen MR) is 138 cm³/mol. The van der Waals surface area contributed by atoms with Gasteiger partial charge in [0.05, 0.1) is 18.4 Å². The molecule has 3 heterocycles. The summed E-state index contributed by atoms with van der Waals surface area (Å²) >= 11 is 1.66. The Hall–Kier alpha value is -3.38. The molecule has 1 amide bonds. The Kier molecular flexibility index (Phi) is 6.24. The number of thiophene rings is 1. The normalized spacial score (nSPS) is 13.4. The molecule has 174 valence electrons. The van der Waals surface area contributed by atoms with E-state index in [9.17, 15) is 4.79 Å². The maximum Gasteiger partial charge on any atom is 0.255 e. The molecule has 0 unspecified atom stereocenters. The lowest BCUT2D eigenvalue weighted by Crippen LogP contribution is -2.23. The highest BCUT2D eigenvalue weighted by Crippen LogP contribution is 2.40. The first-order valence-corrected chi connectivity index (χ1v) is 12.6. The van der Waals surface area contributed by atoms with Crippen LogP contribution in [0.4, 0.5) is 5.00 Å². The standard InChI is InChI=1S/C28H29N3O2S/c1-18-8-6-9-22(14-18)31-19(2)15-21(20(31)3)16-30-28-26(24-11-4-5-12-25(24)34-28)27(32)29-17-23-10-7-13-33-23/h6-10,13-16H,4-5,11-12,17H2,1-3H3,(H,29,32). The molecule has 0 atom stereocenters. The SMILES string of the molecule is Cc1cccc(-n2c(C)cc(C=Nc3sc4c(c3C(=O)NCc3ccco3)CCCC4)c2C)c1. The monoisotopic (exact) mass is 471 g/mol. The smallest absolute Gasteiger partial charge is 0.255 e. The molecule has 1 aliphatic rings. The highest BCUT2D eigenvalue weighted by molar-refractivity contribution is 7.16. The number of nitrogens with zero attached hydrogens (tertiary/aromatic N) is 2. The second kappa shape index (κ2) is 9.47. The topological polar surface area (TPSA) is 59.5 Å². The number of aliphatic imine (C=N–C) groups is 1. The fourth-order valence-corrected chi connectivity index (χ4v) is 5.99. The van der Waals surface area contributed by atoms with Crippen molar-refractivity contribution in [2.24, 2.45) is 4.99 Å². The predicted octanol–water partition coefficient (Wildman–Crippen LogP) is 6.62. The number of aryl methyl sites for hydroxylation is 3. The summed E-state index contributed by atoms with van der Waals surface area (Å²) in [6.45, 7) is 6.71. The molecule has 4 aromatic rings. The number of hydrogen-bond donors (Lipinski definition) is 1. The van der Waals surface area contributed by atoms with Crippen molar-refractivity contribution in [2.75, 3.05) is 0 Å². The van der Waals surface area contributed by atoms with Crippen LogP contribution in [0.2, 0.25) is 0 Å². The van der Waals surface area contributed by atoms with Crippen molar-refractivity contribution in [2.45, 2.75) is 53.0 Å². The number of aromatic nitrogens is 1. The van der Waals surface area contributed by atoms with E-state index in [4.69, 9.17) is 9.41 Å². The summed E-state index contributed by atoms with van der Waals surface area (Å²) in [7, 11) is 0. The maximum absolute atomic E-state index is 13.2. The van der Waals surface area contributed by atoms with Crippen molar-refractivity contribution < 1.29 is 9.21 Å². The van der Waals surface area contributed by atoms with Gasteiger partial charge >= 0.3 is 0 Å². The van der Waals surface area contributed by atoms with Gasteiger partial charge in [-0.25, -0.2) is 4.99 Å². The van der Waals surface area contributed by atoms with Gasteiger partial charge in [-0.05, 0) is 87.9 Å². The molecule has 0 saturated heterocycles. The minimum Gasteiger partial charge on any atom is -0.467 e. The number of nitrogens with one attached hydrogen (secondary N) is 1. The van der Waals surface area contributed by atoms with Crippen LogP contribution >= 0.6 is 11.3 Å². The molecule has 0 bridgehead atoms. The van der Waals surface area contributed by atoms with Crippen molar-refractivity contribution in [3.63, 3.8) is 0 Å². The minimum atomic E-state index is -0.0758. The highest BCUT2D eigenvalue weighted by Gasteiger charge is 2.25. The van der Waals surface area contributed by atoms with Gasteiger partial charge in [0.2, 0.25) is 0 Å². The number of carbonyl (C=O) groups excluding carboxylic acids is 1. The van der Waals surface area contributed by atoms with E-state index in [1.807, 2.05) is 18.3 Å². The average Bonchev–Trinajstić information content (AvgIpc) is 3.53. The second-order valence-electron chi connectivity index (χ2n) is 8.91. The number of hydrogen-bond acceptors (Lipinski definition) is 4. The summed E-state index contributed by atoms with van der Waals surface area (Å²) < 4.78 is 7.63. The first-order chi connectivity index (χ1) is 16.5. The lowest BCUT2D eigenvalue weighted by Gasteiger charge is -2.12. The molecule has 0 aliphatic heterocycles. The maximum atomic E-state index is 13.2. The Balaban J connectivity index is 1.46. The zero-order chi connectivity index (χ0) is 23.7. The fraction of sp³-hybridized carbons (Fsp3) is 0.286. The third-order valence-corrected chi connectivity index (χ3v) is 7.63. The van der Waals surface area contributed by atoms with Crippen LogP contribution in [-0.4, -0.2) is 16.7 Å². The highest BCUT2D eigenvalue weighted by atomic mass is 32.1. The van der Waals surface area contributed by atoms with Crippen LogP contribution in [0.1, 0.15) is 61.9 Å². The number of furan rings is 1. The lowest BCUT2D eigenvalue weighted by atomic mass is 9.95. The van der Waals surface area contributed by atoms with Gasteiger partial charge < -0.3 is 14.3 Å². The van der Waals surface area contributed by atoms with Gasteiger partial charge in [0.25, 0.3) is 5.91 Å². The molecule has 1 N–H and O–H groups in total. The molecule has 34 heavy (non-hydrogen) atoms. The van der Waals surface area contributed by atoms with Crippen LogP contribution < -0.4 is 5.32 Å². The van der Waals surface area contributed by atoms with Gasteiger partial charge in [-0.3, -0.25) is 4.79 Å². The Morgan fingerprint density at radius 1 is 1.15 bits per heavy atom. The van der Waals surface area contributed by atoms with E-state index in [2.05, 4.69) is 61.0 Å². The molecule has 5 nitrogen and oxygen atoms in total. The van der Waals surface area contributed by atoms with Gasteiger partial charge in [0.1, 0.15) is 10.8 Å². The van der Waals surface area contributed by atoms with Crippen molar-refractivity contribution in [3.8, 4) is 5.69 Å². The van der Waals surface area contributed by atoms with Gasteiger partial charge in [0, 0.05) is 33.7 Å². The van der Waals surface area contributed by atoms with Crippen LogP contribution in [-0.2, 0) is 19.4 Å². The zero-order valence-corrected chi connectivity index (χ0v) is 20.7. The molecule has 1 aromatic carbocycles. The third-order valence-electron chi connectivity index (χ3n) is 6.43. The number of amides is 1. The molecule has 5 rings (SSSR count). The first-order valence-electron chi connectivity index (χ1n) is 11.8. The largest absolute Gasteiger partial charge is 0.467 e. The molecule has 0 radical (unpaired) electrons. The van der Waals surface area contributed by atoms with Crippen LogP contribution in [0.3, 0.4) is 0 Å². The Morgan fingerprint density at radius 2 is 2.00 bits per heavy atom. The van der Waals surface area contributed by atoms with Crippen LogP contribution in [0.15, 0.2) is 58.1 Å². The van der Waals surface area contributed by atoms with Crippen molar-refractivity contribution in [3.05, 3.63) is 93.0 Å². The zero-order valence-electron chi connectivity index (χ0n) is 19.9. The summed E-state index contributed by atoms with van der Waals surface area (Å²) in [6, 6.07) is 14.4. The van der Waals surface area contributed by atoms with E-state index >= 15 is 0 Å². The summed E-state index contributed by atoms with van der Waals surface area (Å²) in [5, 5.41) is 3.82. The molecule has 0 spiro atoms. The molecule has 0 saturated carbocycles. The fourth-order valence-electron chi connectivity index (χ4n) is 4.76. The van der Waals surface area contributed by atoms with E-state index in [1.165, 1.54) is 22.4 Å². The second-order valence-corrected chi connectivity index (χ2v) is 10.00. The quantitative estimate of drug-likeness (QED) is 0.321. The number of rotatable bonds is 6. The Morgan fingerprint density at radius 3 is 2.79 bits per heavy atom. The Bertz CT molecular complexity index is 1360. The van der Waals surface area contributed by atoms with E-state index in [0.29, 0.717) is 6.54 Å². The van der Waals surface area contributed by atoms with Crippen molar-refractivity contribution in [1.29, 1.82) is 0 Å². The van der Waals surface area contributed by atoms with Gasteiger partial charge in [-0.2, -0.15) is 0 Å². The summed E-state index contributed by atoms with van der Waals surface area (Å²) in [5.41, 5.74) is 7.64. The van der Waals surface area contributed by atoms with Gasteiger partial charge in [-0.1, -0.05) is 12.1 Å². The molecule has 1 aliphatic carbocycles.